The van der Waals surface area contributed by atoms with Gasteiger partial charge in [-0.2, -0.15) is 0 Å². The van der Waals surface area contributed by atoms with E-state index in [2.05, 4.69) is 36.5 Å². The van der Waals surface area contributed by atoms with Gasteiger partial charge in [-0.3, -0.25) is 4.79 Å². The molecule has 3 N–H and O–H groups in total. The van der Waals surface area contributed by atoms with Crippen LogP contribution in [0.15, 0.2) is 23.6 Å². The van der Waals surface area contributed by atoms with Crippen molar-refractivity contribution < 1.29 is 9.53 Å². The molecule has 2 aromatic rings. The Labute approximate surface area is 153 Å². The summed E-state index contributed by atoms with van der Waals surface area (Å²) in [6, 6.07) is 5.49. The molecule has 0 saturated heterocycles. The third-order valence-corrected chi connectivity index (χ3v) is 4.63. The number of ether oxygens (including phenoxy) is 1. The molecule has 0 atom stereocenters. The molecule has 0 saturated carbocycles. The Balaban J connectivity index is 1.98. The van der Waals surface area contributed by atoms with Gasteiger partial charge in [-0.05, 0) is 37.6 Å². The number of nitrogens with zero attached hydrogens (tertiary/aromatic N) is 1. The molecule has 136 valence electrons. The van der Waals surface area contributed by atoms with Crippen LogP contribution in [0.4, 0.5) is 0 Å². The number of nitrogens with one attached hydrogen (secondary N) is 1. The highest BCUT2D eigenvalue weighted by Gasteiger charge is 2.17. The van der Waals surface area contributed by atoms with Crippen molar-refractivity contribution in [1.82, 2.24) is 10.3 Å². The van der Waals surface area contributed by atoms with Gasteiger partial charge in [0.05, 0.1) is 18.8 Å². The maximum Gasteiger partial charge on any atom is 0.251 e. The van der Waals surface area contributed by atoms with Gasteiger partial charge < -0.3 is 15.8 Å². The summed E-state index contributed by atoms with van der Waals surface area (Å²) in [5.41, 5.74) is 8.14. The third kappa shape index (κ3) is 5.54. The van der Waals surface area contributed by atoms with Crippen molar-refractivity contribution in [1.29, 1.82) is 0 Å². The molecule has 0 fully saturated rings. The predicted molar refractivity (Wildman–Crippen MR) is 102 cm³/mol. The molecule has 0 unspecified atom stereocenters. The zero-order valence-electron chi connectivity index (χ0n) is 15.4. The summed E-state index contributed by atoms with van der Waals surface area (Å²) in [4.78, 5) is 17.0. The summed E-state index contributed by atoms with van der Waals surface area (Å²) in [6.45, 7) is 9.91. The van der Waals surface area contributed by atoms with Crippen molar-refractivity contribution in [2.75, 3.05) is 13.2 Å². The molecule has 2 rings (SSSR count). The number of benzene rings is 1. The normalized spacial score (nSPS) is 11.4. The maximum atomic E-state index is 12.4. The van der Waals surface area contributed by atoms with Crippen LogP contribution >= 0.6 is 11.3 Å². The monoisotopic (exact) mass is 361 g/mol. The Morgan fingerprint density at radius 2 is 2.12 bits per heavy atom. The fraction of sp³-hybridized carbons (Fsp3) is 0.474. The molecule has 25 heavy (non-hydrogen) atoms. The Morgan fingerprint density at radius 3 is 2.76 bits per heavy atom. The number of aromatic nitrogens is 1. The lowest BCUT2D eigenvalue weighted by molar-refractivity contribution is 0.0950. The van der Waals surface area contributed by atoms with Crippen LogP contribution < -0.4 is 15.8 Å². The molecule has 0 aliphatic rings. The first-order chi connectivity index (χ1) is 11.8. The van der Waals surface area contributed by atoms with Crippen LogP contribution in [0.5, 0.6) is 5.75 Å². The average molecular weight is 362 g/mol. The minimum atomic E-state index is -0.129. The number of nitrogens with two attached hydrogens (primary N) is 1. The highest BCUT2D eigenvalue weighted by Crippen LogP contribution is 2.24. The van der Waals surface area contributed by atoms with Gasteiger partial charge in [0, 0.05) is 16.4 Å². The van der Waals surface area contributed by atoms with E-state index in [1.165, 1.54) is 0 Å². The first-order valence-corrected chi connectivity index (χ1v) is 9.36. The Kier molecular flexibility index (Phi) is 6.56. The van der Waals surface area contributed by atoms with Crippen molar-refractivity contribution in [2.45, 2.75) is 46.1 Å². The van der Waals surface area contributed by atoms with Crippen molar-refractivity contribution >= 4 is 17.2 Å². The van der Waals surface area contributed by atoms with Crippen LogP contribution in [0.1, 0.15) is 53.8 Å². The molecule has 0 bridgehead atoms. The summed E-state index contributed by atoms with van der Waals surface area (Å²) >= 11 is 1.57. The SMILES string of the molecule is Cc1ccc(C(=O)NCc2nc(C(C)(C)C)cs2)cc1OCCCN. The van der Waals surface area contributed by atoms with Gasteiger partial charge in [-0.15, -0.1) is 11.3 Å². The Bertz CT molecular complexity index is 720. The van der Waals surface area contributed by atoms with E-state index in [-0.39, 0.29) is 11.3 Å². The van der Waals surface area contributed by atoms with Crippen LogP contribution in [0.3, 0.4) is 0 Å². The van der Waals surface area contributed by atoms with Crippen LogP contribution in [0, 0.1) is 6.92 Å². The van der Waals surface area contributed by atoms with E-state index in [0.717, 1.165) is 28.4 Å². The summed E-state index contributed by atoms with van der Waals surface area (Å²) < 4.78 is 5.70. The lowest BCUT2D eigenvalue weighted by Gasteiger charge is -2.14. The third-order valence-electron chi connectivity index (χ3n) is 3.78. The minimum absolute atomic E-state index is 0.0193. The van der Waals surface area contributed by atoms with E-state index in [0.29, 0.717) is 25.3 Å². The molecule has 5 nitrogen and oxygen atoms in total. The number of carbonyl (C=O) groups is 1. The van der Waals surface area contributed by atoms with Crippen LogP contribution in [-0.2, 0) is 12.0 Å². The molecule has 1 aromatic carbocycles. The van der Waals surface area contributed by atoms with Gasteiger partial charge in [-0.1, -0.05) is 26.8 Å². The number of hydrogen-bond donors (Lipinski definition) is 2. The van der Waals surface area contributed by atoms with Gasteiger partial charge in [0.2, 0.25) is 0 Å². The number of amides is 1. The molecule has 6 heteroatoms. The molecule has 0 aliphatic carbocycles. The quantitative estimate of drug-likeness (QED) is 0.741. The lowest BCUT2D eigenvalue weighted by Crippen LogP contribution is -2.23. The first kappa shape index (κ1) is 19.4. The second-order valence-electron chi connectivity index (χ2n) is 7.03. The number of hydrogen-bond acceptors (Lipinski definition) is 5. The van der Waals surface area contributed by atoms with Gasteiger partial charge in [0.1, 0.15) is 10.8 Å². The van der Waals surface area contributed by atoms with E-state index in [4.69, 9.17) is 10.5 Å². The first-order valence-electron chi connectivity index (χ1n) is 8.48. The average Bonchev–Trinajstić information content (AvgIpc) is 3.04. The fourth-order valence-electron chi connectivity index (χ4n) is 2.16. The van der Waals surface area contributed by atoms with Crippen molar-refractivity contribution in [3.8, 4) is 5.75 Å². The standard InChI is InChI=1S/C19H27N3O2S/c1-13-6-7-14(10-15(13)24-9-5-8-20)18(23)21-11-17-22-16(12-25-17)19(2,3)4/h6-7,10,12H,5,8-9,11,20H2,1-4H3,(H,21,23). The van der Waals surface area contributed by atoms with E-state index >= 15 is 0 Å². The molecule has 1 aromatic heterocycles. The molecule has 0 aliphatic heterocycles. The summed E-state index contributed by atoms with van der Waals surface area (Å²) in [7, 11) is 0. The van der Waals surface area contributed by atoms with Gasteiger partial charge in [0.25, 0.3) is 5.91 Å². The summed E-state index contributed by atoms with van der Waals surface area (Å²) in [5, 5.41) is 5.89. The van der Waals surface area contributed by atoms with Crippen molar-refractivity contribution in [3.63, 3.8) is 0 Å². The topological polar surface area (TPSA) is 77.2 Å². The zero-order chi connectivity index (χ0) is 18.4. The smallest absolute Gasteiger partial charge is 0.251 e. The van der Waals surface area contributed by atoms with E-state index in [1.807, 2.05) is 19.1 Å². The fourth-order valence-corrected chi connectivity index (χ4v) is 3.12. The number of rotatable bonds is 7. The Morgan fingerprint density at radius 1 is 1.36 bits per heavy atom. The van der Waals surface area contributed by atoms with E-state index in [9.17, 15) is 4.79 Å². The highest BCUT2D eigenvalue weighted by molar-refractivity contribution is 7.09. The second-order valence-corrected chi connectivity index (χ2v) is 7.97. The number of carbonyl (C=O) groups excluding carboxylic acids is 1. The molecule has 0 spiro atoms. The second kappa shape index (κ2) is 8.45. The molecular weight excluding hydrogens is 334 g/mol. The number of thiazole rings is 1. The zero-order valence-corrected chi connectivity index (χ0v) is 16.2. The highest BCUT2D eigenvalue weighted by atomic mass is 32.1. The minimum Gasteiger partial charge on any atom is -0.493 e. The van der Waals surface area contributed by atoms with Crippen LogP contribution in [0.25, 0.3) is 0 Å². The van der Waals surface area contributed by atoms with Crippen molar-refractivity contribution in [3.05, 3.63) is 45.4 Å². The van der Waals surface area contributed by atoms with Gasteiger partial charge in [-0.25, -0.2) is 4.98 Å². The maximum absolute atomic E-state index is 12.4. The molecular formula is C19H27N3O2S. The number of aryl methyl sites for hydroxylation is 1. The summed E-state index contributed by atoms with van der Waals surface area (Å²) in [5.74, 6) is 0.599. The molecule has 1 heterocycles. The van der Waals surface area contributed by atoms with E-state index in [1.54, 1.807) is 17.4 Å². The molecule has 1 amide bonds. The summed E-state index contributed by atoms with van der Waals surface area (Å²) in [6.07, 6.45) is 0.788. The lowest BCUT2D eigenvalue weighted by atomic mass is 9.93. The Hall–Kier alpha value is -1.92. The molecule has 0 radical (unpaired) electrons. The largest absolute Gasteiger partial charge is 0.493 e. The predicted octanol–water partition coefficient (Wildman–Crippen LogP) is 3.41. The van der Waals surface area contributed by atoms with Crippen molar-refractivity contribution in [2.24, 2.45) is 5.73 Å². The van der Waals surface area contributed by atoms with E-state index < -0.39 is 0 Å². The van der Waals surface area contributed by atoms with Crippen LogP contribution in [0.2, 0.25) is 0 Å². The van der Waals surface area contributed by atoms with Gasteiger partial charge >= 0.3 is 0 Å². The van der Waals surface area contributed by atoms with Crippen LogP contribution in [-0.4, -0.2) is 24.0 Å². The van der Waals surface area contributed by atoms with Gasteiger partial charge in [0.15, 0.2) is 0 Å².